The number of nitrogens with one attached hydrogen (secondary N) is 2. The van der Waals surface area contributed by atoms with Gasteiger partial charge < -0.3 is 10.3 Å². The monoisotopic (exact) mass is 285 g/mol. The van der Waals surface area contributed by atoms with Crippen molar-refractivity contribution < 1.29 is 0 Å². The Balaban J connectivity index is 1.72. The molecule has 1 fully saturated rings. The highest BCUT2D eigenvalue weighted by Crippen LogP contribution is 2.22. The van der Waals surface area contributed by atoms with E-state index >= 15 is 0 Å². The van der Waals surface area contributed by atoms with Crippen molar-refractivity contribution in [3.63, 3.8) is 0 Å². The molecule has 21 heavy (non-hydrogen) atoms. The fourth-order valence-electron chi connectivity index (χ4n) is 3.34. The molecule has 0 spiro atoms. The molecule has 2 N–H and O–H groups in total. The first-order valence-corrected chi connectivity index (χ1v) is 8.24. The van der Waals surface area contributed by atoms with E-state index in [1.54, 1.807) is 0 Å². The van der Waals surface area contributed by atoms with Crippen LogP contribution in [0.1, 0.15) is 32.3 Å². The molecule has 0 aliphatic carbocycles. The van der Waals surface area contributed by atoms with Crippen LogP contribution in [-0.2, 0) is 6.54 Å². The molecule has 3 rings (SSSR count). The van der Waals surface area contributed by atoms with Crippen LogP contribution in [0.2, 0.25) is 0 Å². The van der Waals surface area contributed by atoms with Crippen LogP contribution in [0.15, 0.2) is 30.5 Å². The first kappa shape index (κ1) is 14.6. The first-order chi connectivity index (χ1) is 10.2. The molecule has 3 nitrogen and oxygen atoms in total. The maximum Gasteiger partial charge on any atom is 0.0457 e. The van der Waals surface area contributed by atoms with Crippen molar-refractivity contribution in [1.29, 1.82) is 0 Å². The van der Waals surface area contributed by atoms with E-state index in [0.717, 1.165) is 12.5 Å². The molecule has 1 aliphatic heterocycles. The third-order valence-electron chi connectivity index (χ3n) is 4.73. The van der Waals surface area contributed by atoms with Crippen molar-refractivity contribution in [1.82, 2.24) is 15.2 Å². The lowest BCUT2D eigenvalue weighted by molar-refractivity contribution is 0.162. The molecule has 114 valence electrons. The fourth-order valence-corrected chi connectivity index (χ4v) is 3.34. The van der Waals surface area contributed by atoms with Gasteiger partial charge in [-0.15, -0.1) is 0 Å². The molecule has 0 amide bonds. The lowest BCUT2D eigenvalue weighted by Gasteiger charge is -2.32. The number of hydrogen-bond acceptors (Lipinski definition) is 2. The van der Waals surface area contributed by atoms with E-state index in [1.807, 2.05) is 0 Å². The van der Waals surface area contributed by atoms with Crippen LogP contribution < -0.4 is 5.32 Å². The Bertz CT molecular complexity index is 567. The maximum absolute atomic E-state index is 3.46. The molecular weight excluding hydrogens is 258 g/mol. The molecule has 0 atom stereocenters. The first-order valence-electron chi connectivity index (χ1n) is 8.24. The minimum absolute atomic E-state index is 0.591. The number of aromatic amines is 1. The Kier molecular flexibility index (Phi) is 4.61. The number of para-hydroxylation sites is 1. The molecule has 3 heteroatoms. The van der Waals surface area contributed by atoms with E-state index in [2.05, 4.69) is 59.5 Å². The molecule has 0 bridgehead atoms. The summed E-state index contributed by atoms with van der Waals surface area (Å²) in [6, 6.07) is 9.20. The van der Waals surface area contributed by atoms with Gasteiger partial charge in [0.1, 0.15) is 0 Å². The zero-order chi connectivity index (χ0) is 14.7. The molecule has 0 unspecified atom stereocenters. The SMILES string of the molecule is CC(C)N(Cc1c[nH]c2ccccc12)CC1CCNCC1. The predicted molar refractivity (Wildman–Crippen MR) is 89.4 cm³/mol. The highest BCUT2D eigenvalue weighted by Gasteiger charge is 2.19. The Morgan fingerprint density at radius 1 is 1.19 bits per heavy atom. The second kappa shape index (κ2) is 6.63. The topological polar surface area (TPSA) is 31.1 Å². The van der Waals surface area contributed by atoms with Crippen LogP contribution in [0.5, 0.6) is 0 Å². The van der Waals surface area contributed by atoms with Crippen molar-refractivity contribution in [2.24, 2.45) is 5.92 Å². The molecular formula is C18H27N3. The van der Waals surface area contributed by atoms with Gasteiger partial charge in [-0.05, 0) is 57.3 Å². The summed E-state index contributed by atoms with van der Waals surface area (Å²) >= 11 is 0. The van der Waals surface area contributed by atoms with Crippen LogP contribution in [0.4, 0.5) is 0 Å². The van der Waals surface area contributed by atoms with Gasteiger partial charge in [-0.3, -0.25) is 4.90 Å². The Labute approximate surface area is 127 Å². The van der Waals surface area contributed by atoms with Crippen molar-refractivity contribution in [2.75, 3.05) is 19.6 Å². The summed E-state index contributed by atoms with van der Waals surface area (Å²) in [6.45, 7) is 9.27. The van der Waals surface area contributed by atoms with Crippen LogP contribution in [0.3, 0.4) is 0 Å². The Hall–Kier alpha value is -1.32. The standard InChI is InChI=1S/C18H27N3/c1-14(2)21(12-15-7-9-19-10-8-15)13-16-11-20-18-6-4-3-5-17(16)18/h3-6,11,14-15,19-20H,7-10,12-13H2,1-2H3. The van der Waals surface area contributed by atoms with Crippen LogP contribution in [-0.4, -0.2) is 35.6 Å². The zero-order valence-electron chi connectivity index (χ0n) is 13.2. The fraction of sp³-hybridized carbons (Fsp3) is 0.556. The number of nitrogens with zero attached hydrogens (tertiary/aromatic N) is 1. The van der Waals surface area contributed by atoms with Crippen molar-refractivity contribution in [3.05, 3.63) is 36.0 Å². The highest BCUT2D eigenvalue weighted by molar-refractivity contribution is 5.82. The van der Waals surface area contributed by atoms with E-state index in [9.17, 15) is 0 Å². The van der Waals surface area contributed by atoms with Gasteiger partial charge in [-0.2, -0.15) is 0 Å². The third kappa shape index (κ3) is 3.47. The van der Waals surface area contributed by atoms with Crippen molar-refractivity contribution in [3.8, 4) is 0 Å². The minimum Gasteiger partial charge on any atom is -0.361 e. The lowest BCUT2D eigenvalue weighted by atomic mass is 9.96. The number of aromatic nitrogens is 1. The maximum atomic E-state index is 3.46. The van der Waals surface area contributed by atoms with Gasteiger partial charge in [0.25, 0.3) is 0 Å². The third-order valence-corrected chi connectivity index (χ3v) is 4.73. The number of H-pyrrole nitrogens is 1. The second-order valence-electron chi connectivity index (χ2n) is 6.58. The van der Waals surface area contributed by atoms with Gasteiger partial charge in [-0.25, -0.2) is 0 Å². The summed E-state index contributed by atoms with van der Waals surface area (Å²) in [4.78, 5) is 6.03. The smallest absolute Gasteiger partial charge is 0.0457 e. The molecule has 0 saturated carbocycles. The Morgan fingerprint density at radius 3 is 2.71 bits per heavy atom. The molecule has 2 heterocycles. The summed E-state index contributed by atoms with van der Waals surface area (Å²) in [6.07, 6.45) is 4.82. The van der Waals surface area contributed by atoms with Crippen molar-refractivity contribution >= 4 is 10.9 Å². The summed E-state index contributed by atoms with van der Waals surface area (Å²) < 4.78 is 0. The summed E-state index contributed by atoms with van der Waals surface area (Å²) in [5, 5.41) is 4.83. The summed E-state index contributed by atoms with van der Waals surface area (Å²) in [7, 11) is 0. The highest BCUT2D eigenvalue weighted by atomic mass is 15.1. The van der Waals surface area contributed by atoms with Crippen molar-refractivity contribution in [2.45, 2.75) is 39.3 Å². The Morgan fingerprint density at radius 2 is 1.95 bits per heavy atom. The molecule has 1 aromatic heterocycles. The zero-order valence-corrected chi connectivity index (χ0v) is 13.2. The van der Waals surface area contributed by atoms with Gasteiger partial charge >= 0.3 is 0 Å². The predicted octanol–water partition coefficient (Wildman–Crippen LogP) is 3.38. The lowest BCUT2D eigenvalue weighted by Crippen LogP contribution is -2.39. The van der Waals surface area contributed by atoms with Crippen LogP contribution >= 0.6 is 0 Å². The quantitative estimate of drug-likeness (QED) is 0.882. The number of piperidine rings is 1. The average Bonchev–Trinajstić information content (AvgIpc) is 2.91. The summed E-state index contributed by atoms with van der Waals surface area (Å²) in [5.74, 6) is 0.846. The van der Waals surface area contributed by atoms with E-state index in [1.165, 1.54) is 48.9 Å². The normalized spacial score (nSPS) is 17.1. The average molecular weight is 285 g/mol. The van der Waals surface area contributed by atoms with Gasteiger partial charge in [0.2, 0.25) is 0 Å². The van der Waals surface area contributed by atoms with Gasteiger partial charge in [-0.1, -0.05) is 18.2 Å². The largest absolute Gasteiger partial charge is 0.361 e. The molecule has 1 aliphatic rings. The van der Waals surface area contributed by atoms with Gasteiger partial charge in [0, 0.05) is 36.2 Å². The molecule has 2 aromatic rings. The molecule has 1 saturated heterocycles. The molecule has 0 radical (unpaired) electrons. The number of hydrogen-bond donors (Lipinski definition) is 2. The van der Waals surface area contributed by atoms with E-state index < -0.39 is 0 Å². The van der Waals surface area contributed by atoms with E-state index in [-0.39, 0.29) is 0 Å². The van der Waals surface area contributed by atoms with E-state index in [4.69, 9.17) is 0 Å². The number of benzene rings is 1. The van der Waals surface area contributed by atoms with E-state index in [0.29, 0.717) is 6.04 Å². The second-order valence-corrected chi connectivity index (χ2v) is 6.58. The number of fused-ring (bicyclic) bond motifs is 1. The van der Waals surface area contributed by atoms with Crippen LogP contribution in [0.25, 0.3) is 10.9 Å². The minimum atomic E-state index is 0.591. The van der Waals surface area contributed by atoms with Gasteiger partial charge in [0.15, 0.2) is 0 Å². The number of rotatable bonds is 5. The van der Waals surface area contributed by atoms with Gasteiger partial charge in [0.05, 0.1) is 0 Å². The molecule has 1 aromatic carbocycles. The van der Waals surface area contributed by atoms with Crippen LogP contribution in [0, 0.1) is 5.92 Å². The summed E-state index contributed by atoms with van der Waals surface area (Å²) in [5.41, 5.74) is 2.67.